The van der Waals surface area contributed by atoms with Crippen molar-refractivity contribution in [3.8, 4) is 0 Å². The molecule has 0 aromatic heterocycles. The van der Waals surface area contributed by atoms with E-state index in [9.17, 15) is 9.59 Å². The minimum absolute atomic E-state index is 0.00458. The Morgan fingerprint density at radius 1 is 1.16 bits per heavy atom. The number of aliphatic hydroxyl groups is 1. The largest absolute Gasteiger partial charge is 0.478 e. The van der Waals surface area contributed by atoms with Gasteiger partial charge in [0.15, 0.2) is 0 Å². The van der Waals surface area contributed by atoms with E-state index in [1.54, 1.807) is 0 Å². The monoisotopic (exact) mass is 272 g/mol. The van der Waals surface area contributed by atoms with E-state index in [2.05, 4.69) is 13.5 Å². The van der Waals surface area contributed by atoms with E-state index in [1.807, 2.05) is 0 Å². The quantitative estimate of drug-likeness (QED) is 0.466. The number of unbranched alkanes of at least 4 members (excludes halogenated alkanes) is 2. The Hall–Kier alpha value is -1.62. The normalized spacial score (nSPS) is 10.4. The molecule has 0 spiro atoms. The van der Waals surface area contributed by atoms with E-state index in [0.29, 0.717) is 18.4 Å². The molecule has 0 aliphatic carbocycles. The van der Waals surface area contributed by atoms with Gasteiger partial charge in [-0.25, -0.2) is 9.59 Å². The highest BCUT2D eigenvalue weighted by Crippen LogP contribution is 2.06. The Morgan fingerprint density at radius 2 is 1.74 bits per heavy atom. The predicted octanol–water partition coefficient (Wildman–Crippen LogP) is 2.61. The molecular formula is C14H24O5. The van der Waals surface area contributed by atoms with Gasteiger partial charge in [-0.15, -0.1) is 0 Å². The standard InChI is InChI=1S/C8H14O2.C6H10O3/c1-3-4-5-6-7(2)8(9)10;1-5(6(8)9)3-2-4-7/h2-6H2,1H3,(H,9,10);3,7H,2,4H2,1H3,(H,8,9). The topological polar surface area (TPSA) is 94.8 Å². The van der Waals surface area contributed by atoms with E-state index < -0.39 is 11.9 Å². The van der Waals surface area contributed by atoms with Crippen molar-refractivity contribution in [3.05, 3.63) is 23.8 Å². The van der Waals surface area contributed by atoms with Crippen LogP contribution in [0.4, 0.5) is 0 Å². The second-order valence-electron chi connectivity index (χ2n) is 4.07. The second kappa shape index (κ2) is 12.8. The highest BCUT2D eigenvalue weighted by Gasteiger charge is 2.01. The molecule has 0 radical (unpaired) electrons. The minimum Gasteiger partial charge on any atom is -0.478 e. The summed E-state index contributed by atoms with van der Waals surface area (Å²) >= 11 is 0. The van der Waals surface area contributed by atoms with Gasteiger partial charge < -0.3 is 15.3 Å². The molecule has 0 saturated carbocycles. The predicted molar refractivity (Wildman–Crippen MR) is 74.0 cm³/mol. The van der Waals surface area contributed by atoms with Gasteiger partial charge in [0, 0.05) is 17.8 Å². The summed E-state index contributed by atoms with van der Waals surface area (Å²) in [6.45, 7) is 7.02. The Morgan fingerprint density at radius 3 is 2.11 bits per heavy atom. The van der Waals surface area contributed by atoms with Crippen molar-refractivity contribution in [1.29, 1.82) is 0 Å². The molecule has 0 aromatic carbocycles. The number of aliphatic hydroxyl groups excluding tert-OH is 1. The van der Waals surface area contributed by atoms with Gasteiger partial charge in [-0.1, -0.05) is 32.4 Å². The molecule has 0 amide bonds. The van der Waals surface area contributed by atoms with Gasteiger partial charge in [0.1, 0.15) is 0 Å². The Bertz CT molecular complexity index is 318. The molecule has 0 unspecified atom stereocenters. The summed E-state index contributed by atoms with van der Waals surface area (Å²) < 4.78 is 0. The first kappa shape index (κ1) is 19.7. The zero-order chi connectivity index (χ0) is 15.3. The summed E-state index contributed by atoms with van der Waals surface area (Å²) in [7, 11) is 0. The first-order valence-electron chi connectivity index (χ1n) is 6.28. The fourth-order valence-corrected chi connectivity index (χ4v) is 1.06. The van der Waals surface area contributed by atoms with Crippen molar-refractivity contribution >= 4 is 11.9 Å². The lowest BCUT2D eigenvalue weighted by Gasteiger charge is -1.97. The van der Waals surface area contributed by atoms with Crippen LogP contribution in [0.15, 0.2) is 23.8 Å². The third-order valence-corrected chi connectivity index (χ3v) is 2.30. The molecular weight excluding hydrogens is 248 g/mol. The van der Waals surface area contributed by atoms with Crippen LogP contribution in [0, 0.1) is 0 Å². The molecule has 110 valence electrons. The number of carboxylic acids is 2. The van der Waals surface area contributed by atoms with Gasteiger partial charge in [-0.2, -0.15) is 0 Å². The van der Waals surface area contributed by atoms with Crippen LogP contribution in [0.25, 0.3) is 0 Å². The van der Waals surface area contributed by atoms with Crippen molar-refractivity contribution < 1.29 is 24.9 Å². The van der Waals surface area contributed by atoms with E-state index >= 15 is 0 Å². The lowest BCUT2D eigenvalue weighted by Crippen LogP contribution is -1.98. The number of rotatable bonds is 8. The molecule has 0 heterocycles. The molecule has 0 aliphatic heterocycles. The van der Waals surface area contributed by atoms with Gasteiger partial charge in [0.2, 0.25) is 0 Å². The van der Waals surface area contributed by atoms with Gasteiger partial charge in [-0.05, 0) is 26.2 Å². The zero-order valence-electron chi connectivity index (χ0n) is 11.7. The molecule has 5 nitrogen and oxygen atoms in total. The molecule has 0 aliphatic rings. The number of aliphatic carboxylic acids is 2. The van der Waals surface area contributed by atoms with Crippen molar-refractivity contribution in [2.45, 2.75) is 46.0 Å². The van der Waals surface area contributed by atoms with E-state index in [1.165, 1.54) is 13.0 Å². The third kappa shape index (κ3) is 14.3. The molecule has 0 bridgehead atoms. The van der Waals surface area contributed by atoms with Crippen molar-refractivity contribution in [2.24, 2.45) is 0 Å². The molecule has 0 atom stereocenters. The van der Waals surface area contributed by atoms with E-state index in [0.717, 1.165) is 19.3 Å². The first-order chi connectivity index (χ1) is 8.86. The zero-order valence-corrected chi connectivity index (χ0v) is 11.7. The summed E-state index contributed by atoms with van der Waals surface area (Å²) in [5.41, 5.74) is 0.609. The van der Waals surface area contributed by atoms with Crippen LogP contribution < -0.4 is 0 Å². The molecule has 0 aromatic rings. The maximum atomic E-state index is 10.2. The van der Waals surface area contributed by atoms with Crippen LogP contribution in [0.5, 0.6) is 0 Å². The Labute approximate surface area is 114 Å². The van der Waals surface area contributed by atoms with Gasteiger partial charge >= 0.3 is 11.9 Å². The number of carboxylic acid groups (broad SMARTS) is 2. The smallest absolute Gasteiger partial charge is 0.330 e. The number of hydrogen-bond donors (Lipinski definition) is 3. The van der Waals surface area contributed by atoms with Crippen LogP contribution in [0.1, 0.15) is 46.0 Å². The summed E-state index contributed by atoms with van der Waals surface area (Å²) in [6, 6.07) is 0. The third-order valence-electron chi connectivity index (χ3n) is 2.30. The number of hydrogen-bond acceptors (Lipinski definition) is 3. The average Bonchev–Trinajstić information content (AvgIpc) is 2.36. The molecule has 0 saturated heterocycles. The Balaban J connectivity index is 0. The van der Waals surface area contributed by atoms with Crippen molar-refractivity contribution in [3.63, 3.8) is 0 Å². The maximum absolute atomic E-state index is 10.2. The summed E-state index contributed by atoms with van der Waals surface area (Å²) in [6.07, 6.45) is 5.68. The van der Waals surface area contributed by atoms with Crippen LogP contribution in [0.3, 0.4) is 0 Å². The number of carbonyl (C=O) groups is 2. The van der Waals surface area contributed by atoms with Crippen LogP contribution in [-0.2, 0) is 9.59 Å². The minimum atomic E-state index is -0.927. The van der Waals surface area contributed by atoms with Gasteiger partial charge in [-0.3, -0.25) is 0 Å². The van der Waals surface area contributed by atoms with Crippen molar-refractivity contribution in [2.75, 3.05) is 6.61 Å². The molecule has 3 N–H and O–H groups in total. The SMILES string of the molecule is C=C(CCCCC)C(=O)O.CC(=CCCO)C(=O)O. The fraction of sp³-hybridized carbons (Fsp3) is 0.571. The lowest BCUT2D eigenvalue weighted by molar-refractivity contribution is -0.133. The van der Waals surface area contributed by atoms with Gasteiger partial charge in [0.25, 0.3) is 0 Å². The van der Waals surface area contributed by atoms with Crippen LogP contribution in [-0.4, -0.2) is 33.9 Å². The van der Waals surface area contributed by atoms with Crippen molar-refractivity contribution in [1.82, 2.24) is 0 Å². The molecule has 0 rings (SSSR count). The molecule has 5 heteroatoms. The Kier molecular flexibility index (Phi) is 13.3. The highest BCUT2D eigenvalue weighted by atomic mass is 16.4. The average molecular weight is 272 g/mol. The van der Waals surface area contributed by atoms with Crippen LogP contribution in [0.2, 0.25) is 0 Å². The maximum Gasteiger partial charge on any atom is 0.330 e. The molecule has 0 fully saturated rings. The fourth-order valence-electron chi connectivity index (χ4n) is 1.06. The summed E-state index contributed by atoms with van der Waals surface area (Å²) in [5, 5.41) is 24.9. The highest BCUT2D eigenvalue weighted by molar-refractivity contribution is 5.86. The van der Waals surface area contributed by atoms with Gasteiger partial charge in [0.05, 0.1) is 0 Å². The van der Waals surface area contributed by atoms with E-state index in [4.69, 9.17) is 15.3 Å². The summed E-state index contributed by atoms with van der Waals surface area (Å²) in [5.74, 6) is -1.79. The van der Waals surface area contributed by atoms with E-state index in [-0.39, 0.29) is 12.2 Å². The molecule has 19 heavy (non-hydrogen) atoms. The summed E-state index contributed by atoms with van der Waals surface area (Å²) in [4.78, 5) is 20.2. The lowest BCUT2D eigenvalue weighted by atomic mass is 10.1. The van der Waals surface area contributed by atoms with Crippen LogP contribution >= 0.6 is 0 Å². The second-order valence-corrected chi connectivity index (χ2v) is 4.07. The first-order valence-corrected chi connectivity index (χ1v) is 6.28.